The molecule has 0 saturated carbocycles. The molecule has 98 valence electrons. The van der Waals surface area contributed by atoms with E-state index in [1.54, 1.807) is 12.1 Å². The average Bonchev–Trinajstić information content (AvgIpc) is 2.38. The Morgan fingerprint density at radius 2 is 1.74 bits per heavy atom. The minimum atomic E-state index is -0.499. The highest BCUT2D eigenvalue weighted by molar-refractivity contribution is 5.49. The van der Waals surface area contributed by atoms with Crippen molar-refractivity contribution in [3.63, 3.8) is 0 Å². The van der Waals surface area contributed by atoms with Gasteiger partial charge in [0.05, 0.1) is 4.92 Å². The SMILES string of the molecule is O=[N+]([O-])c1cccc(COc2c(O)cccc2O)c1. The van der Waals surface area contributed by atoms with Crippen LogP contribution < -0.4 is 4.74 Å². The molecular weight excluding hydrogens is 250 g/mol. The molecule has 0 aromatic heterocycles. The summed E-state index contributed by atoms with van der Waals surface area (Å²) in [6, 6.07) is 10.2. The maximum atomic E-state index is 10.6. The number of non-ortho nitro benzene ring substituents is 1. The van der Waals surface area contributed by atoms with Gasteiger partial charge in [-0.1, -0.05) is 18.2 Å². The van der Waals surface area contributed by atoms with Gasteiger partial charge in [0.2, 0.25) is 5.75 Å². The quantitative estimate of drug-likeness (QED) is 0.651. The molecule has 0 aliphatic carbocycles. The zero-order valence-corrected chi connectivity index (χ0v) is 9.81. The molecule has 0 atom stereocenters. The summed E-state index contributed by atoms with van der Waals surface area (Å²) in [5, 5.41) is 29.7. The molecule has 2 aromatic carbocycles. The van der Waals surface area contributed by atoms with Crippen LogP contribution in [-0.4, -0.2) is 15.1 Å². The topological polar surface area (TPSA) is 92.8 Å². The van der Waals surface area contributed by atoms with E-state index in [0.717, 1.165) is 0 Å². The highest BCUT2D eigenvalue weighted by Gasteiger charge is 2.10. The van der Waals surface area contributed by atoms with E-state index >= 15 is 0 Å². The van der Waals surface area contributed by atoms with Gasteiger partial charge in [0, 0.05) is 12.1 Å². The lowest BCUT2D eigenvalue weighted by Crippen LogP contribution is -1.97. The van der Waals surface area contributed by atoms with Crippen molar-refractivity contribution in [2.24, 2.45) is 0 Å². The molecule has 19 heavy (non-hydrogen) atoms. The summed E-state index contributed by atoms with van der Waals surface area (Å²) in [5.74, 6) is -0.426. The second-order valence-corrected chi connectivity index (χ2v) is 3.84. The molecular formula is C13H11NO5. The Kier molecular flexibility index (Phi) is 3.51. The molecule has 0 spiro atoms. The molecule has 0 unspecified atom stereocenters. The Morgan fingerprint density at radius 1 is 1.11 bits per heavy atom. The van der Waals surface area contributed by atoms with Crippen molar-refractivity contribution in [2.75, 3.05) is 0 Å². The Bertz CT molecular complexity index is 591. The highest BCUT2D eigenvalue weighted by Crippen LogP contribution is 2.35. The summed E-state index contributed by atoms with van der Waals surface area (Å²) in [7, 11) is 0. The Morgan fingerprint density at radius 3 is 2.37 bits per heavy atom. The van der Waals surface area contributed by atoms with Gasteiger partial charge in [-0.25, -0.2) is 0 Å². The van der Waals surface area contributed by atoms with Gasteiger partial charge in [0.15, 0.2) is 11.5 Å². The van der Waals surface area contributed by atoms with Crippen LogP contribution in [0.2, 0.25) is 0 Å². The number of hydrogen-bond acceptors (Lipinski definition) is 5. The summed E-state index contributed by atoms with van der Waals surface area (Å²) >= 11 is 0. The third-order valence-corrected chi connectivity index (χ3v) is 2.48. The van der Waals surface area contributed by atoms with Crippen molar-refractivity contribution in [3.8, 4) is 17.2 Å². The third-order valence-electron chi connectivity index (χ3n) is 2.48. The van der Waals surface area contributed by atoms with E-state index < -0.39 is 4.92 Å². The van der Waals surface area contributed by atoms with E-state index in [0.29, 0.717) is 5.56 Å². The molecule has 0 aliphatic heterocycles. The molecule has 0 saturated heterocycles. The fourth-order valence-corrected chi connectivity index (χ4v) is 1.58. The van der Waals surface area contributed by atoms with Gasteiger partial charge in [-0.2, -0.15) is 0 Å². The zero-order chi connectivity index (χ0) is 13.8. The van der Waals surface area contributed by atoms with Gasteiger partial charge >= 0.3 is 0 Å². The summed E-state index contributed by atoms with van der Waals surface area (Å²) in [6.45, 7) is 0.00676. The molecule has 0 radical (unpaired) electrons. The predicted molar refractivity (Wildman–Crippen MR) is 67.2 cm³/mol. The standard InChI is InChI=1S/C13H11NO5/c15-11-5-2-6-12(16)13(11)19-8-9-3-1-4-10(7-9)14(17)18/h1-7,15-16H,8H2. The number of ether oxygens (including phenoxy) is 1. The van der Waals surface area contributed by atoms with Gasteiger partial charge in [0.25, 0.3) is 5.69 Å². The van der Waals surface area contributed by atoms with Gasteiger partial charge in [0.1, 0.15) is 6.61 Å². The van der Waals surface area contributed by atoms with E-state index in [2.05, 4.69) is 0 Å². The van der Waals surface area contributed by atoms with E-state index in [9.17, 15) is 20.3 Å². The predicted octanol–water partition coefficient (Wildman–Crippen LogP) is 2.59. The number of hydrogen-bond donors (Lipinski definition) is 2. The van der Waals surface area contributed by atoms with Crippen LogP contribution in [-0.2, 0) is 6.61 Å². The highest BCUT2D eigenvalue weighted by atomic mass is 16.6. The van der Waals surface area contributed by atoms with Gasteiger partial charge in [-0.05, 0) is 17.7 Å². The summed E-state index contributed by atoms with van der Waals surface area (Å²) in [5.41, 5.74) is 0.527. The monoisotopic (exact) mass is 261 g/mol. The molecule has 0 fully saturated rings. The van der Waals surface area contributed by atoms with E-state index in [1.165, 1.54) is 30.3 Å². The number of nitrogens with zero attached hydrogens (tertiary/aromatic N) is 1. The van der Waals surface area contributed by atoms with Crippen LogP contribution in [0.1, 0.15) is 5.56 Å². The Hall–Kier alpha value is -2.76. The van der Waals surface area contributed by atoms with Crippen LogP contribution in [0.25, 0.3) is 0 Å². The summed E-state index contributed by atoms with van der Waals surface area (Å²) in [4.78, 5) is 10.1. The van der Waals surface area contributed by atoms with Crippen molar-refractivity contribution in [2.45, 2.75) is 6.61 Å². The van der Waals surface area contributed by atoms with Crippen LogP contribution in [0, 0.1) is 10.1 Å². The second-order valence-electron chi connectivity index (χ2n) is 3.84. The number of nitro groups is 1. The lowest BCUT2D eigenvalue weighted by molar-refractivity contribution is -0.384. The second kappa shape index (κ2) is 5.26. The first-order valence-electron chi connectivity index (χ1n) is 5.45. The minimum absolute atomic E-state index is 0.00676. The first-order valence-corrected chi connectivity index (χ1v) is 5.45. The zero-order valence-electron chi connectivity index (χ0n) is 9.81. The van der Waals surface area contributed by atoms with E-state index in [-0.39, 0.29) is 29.5 Å². The molecule has 0 heterocycles. The number of phenolic OH excluding ortho intramolecular Hbond substituents is 2. The van der Waals surface area contributed by atoms with Crippen molar-refractivity contribution in [3.05, 3.63) is 58.1 Å². The minimum Gasteiger partial charge on any atom is -0.504 e. The van der Waals surface area contributed by atoms with Gasteiger partial charge in [-0.15, -0.1) is 0 Å². The molecule has 0 bridgehead atoms. The summed E-state index contributed by atoms with van der Waals surface area (Å²) < 4.78 is 5.27. The number of aromatic hydroxyl groups is 2. The molecule has 6 heteroatoms. The number of nitro benzene ring substituents is 1. The molecule has 2 rings (SSSR count). The first-order chi connectivity index (χ1) is 9.08. The summed E-state index contributed by atoms with van der Waals surface area (Å²) in [6.07, 6.45) is 0. The van der Waals surface area contributed by atoms with Gasteiger partial charge in [-0.3, -0.25) is 10.1 Å². The molecule has 2 N–H and O–H groups in total. The Balaban J connectivity index is 2.15. The third kappa shape index (κ3) is 2.92. The van der Waals surface area contributed by atoms with E-state index in [1.807, 2.05) is 0 Å². The maximum Gasteiger partial charge on any atom is 0.269 e. The smallest absolute Gasteiger partial charge is 0.269 e. The van der Waals surface area contributed by atoms with Gasteiger partial charge < -0.3 is 14.9 Å². The largest absolute Gasteiger partial charge is 0.504 e. The average molecular weight is 261 g/mol. The van der Waals surface area contributed by atoms with Crippen LogP contribution in [0.5, 0.6) is 17.2 Å². The van der Waals surface area contributed by atoms with Crippen molar-refractivity contribution in [1.82, 2.24) is 0 Å². The van der Waals surface area contributed by atoms with Crippen LogP contribution in [0.15, 0.2) is 42.5 Å². The lowest BCUT2D eigenvalue weighted by Gasteiger charge is -2.09. The molecule has 6 nitrogen and oxygen atoms in total. The maximum absolute atomic E-state index is 10.6. The normalized spacial score (nSPS) is 10.1. The van der Waals surface area contributed by atoms with Crippen molar-refractivity contribution >= 4 is 5.69 Å². The first kappa shape index (κ1) is 12.7. The number of para-hydroxylation sites is 1. The lowest BCUT2D eigenvalue weighted by atomic mass is 10.2. The molecule has 0 amide bonds. The molecule has 2 aromatic rings. The fourth-order valence-electron chi connectivity index (χ4n) is 1.58. The fraction of sp³-hybridized carbons (Fsp3) is 0.0769. The number of phenols is 2. The van der Waals surface area contributed by atoms with Crippen molar-refractivity contribution in [1.29, 1.82) is 0 Å². The van der Waals surface area contributed by atoms with Crippen molar-refractivity contribution < 1.29 is 19.9 Å². The Labute approximate surface area is 108 Å². The number of benzene rings is 2. The van der Waals surface area contributed by atoms with Crippen LogP contribution in [0.3, 0.4) is 0 Å². The van der Waals surface area contributed by atoms with Crippen LogP contribution >= 0.6 is 0 Å². The molecule has 0 aliphatic rings. The van der Waals surface area contributed by atoms with Crippen LogP contribution in [0.4, 0.5) is 5.69 Å². The number of rotatable bonds is 4. The van der Waals surface area contributed by atoms with E-state index in [4.69, 9.17) is 4.74 Å².